The molecule has 5 heteroatoms. The van der Waals surface area contributed by atoms with Gasteiger partial charge in [-0.2, -0.15) is 0 Å². The highest BCUT2D eigenvalue weighted by Gasteiger charge is 2.28. The van der Waals surface area contributed by atoms with Gasteiger partial charge < -0.3 is 20.1 Å². The number of carboxylic acids is 1. The lowest BCUT2D eigenvalue weighted by molar-refractivity contribution is -0.302. The van der Waals surface area contributed by atoms with Crippen LogP contribution in [0.15, 0.2) is 93.5 Å². The molecule has 128 valence electrons. The molecule has 0 unspecified atom stereocenters. The van der Waals surface area contributed by atoms with Crippen LogP contribution in [0.25, 0.3) is 0 Å². The molecule has 3 aromatic rings. The normalized spacial score (nSPS) is 10.0. The molecule has 0 aliphatic rings. The minimum atomic E-state index is -1.08. The predicted molar refractivity (Wildman–Crippen MR) is 95.5 cm³/mol. The number of carbonyl (C=O) groups is 1. The van der Waals surface area contributed by atoms with Crippen LogP contribution in [0.5, 0.6) is 11.5 Å². The molecular formula is C20H18O4S. The van der Waals surface area contributed by atoms with Crippen LogP contribution >= 0.6 is 0 Å². The lowest BCUT2D eigenvalue weighted by Crippen LogP contribution is -2.16. The van der Waals surface area contributed by atoms with Crippen molar-refractivity contribution in [3.05, 3.63) is 78.9 Å². The lowest BCUT2D eigenvalue weighted by atomic mass is 10.3. The molecule has 3 rings (SSSR count). The molecule has 0 saturated carbocycles. The zero-order valence-corrected chi connectivity index (χ0v) is 14.4. The summed E-state index contributed by atoms with van der Waals surface area (Å²) in [5.41, 5.74) is 0. The van der Waals surface area contributed by atoms with Crippen molar-refractivity contribution in [2.24, 2.45) is 0 Å². The van der Waals surface area contributed by atoms with E-state index in [2.05, 4.69) is 12.1 Å². The maximum absolute atomic E-state index is 9.49. The highest BCUT2D eigenvalue weighted by atomic mass is 32.2. The highest BCUT2D eigenvalue weighted by Crippen LogP contribution is 2.32. The Labute approximate surface area is 149 Å². The summed E-state index contributed by atoms with van der Waals surface area (Å²) >= 11 is 0. The summed E-state index contributed by atoms with van der Waals surface area (Å²) in [6.07, 6.45) is 0. The number of phenols is 2. The van der Waals surface area contributed by atoms with Crippen molar-refractivity contribution in [1.29, 1.82) is 0 Å². The third-order valence-corrected chi connectivity index (χ3v) is 5.35. The second-order valence-electron chi connectivity index (χ2n) is 5.10. The first-order chi connectivity index (χ1) is 12.0. The number of hydrogen-bond acceptors (Lipinski definition) is 4. The summed E-state index contributed by atoms with van der Waals surface area (Å²) in [5, 5.41) is 27.9. The molecule has 4 nitrogen and oxygen atoms in total. The summed E-state index contributed by atoms with van der Waals surface area (Å²) < 4.78 is 0. The molecule has 0 bridgehead atoms. The average Bonchev–Trinajstić information content (AvgIpc) is 2.59. The fraction of sp³-hybridized carbons (Fsp3) is 0.0500. The minimum absolute atomic E-state index is 0.253. The molecule has 0 radical (unpaired) electrons. The molecule has 0 heterocycles. The van der Waals surface area contributed by atoms with Crippen LogP contribution < -0.4 is 5.11 Å². The second kappa shape index (κ2) is 8.80. The summed E-state index contributed by atoms with van der Waals surface area (Å²) in [7, 11) is -0.253. The zero-order valence-electron chi connectivity index (χ0n) is 13.6. The van der Waals surface area contributed by atoms with Gasteiger partial charge in [-0.1, -0.05) is 18.2 Å². The van der Waals surface area contributed by atoms with Gasteiger partial charge in [0.15, 0.2) is 14.7 Å². The first-order valence-electron chi connectivity index (χ1n) is 7.52. The van der Waals surface area contributed by atoms with Gasteiger partial charge in [0.05, 0.1) is 10.9 Å². The molecule has 0 aliphatic carbocycles. The smallest absolute Gasteiger partial charge is 0.166 e. The largest absolute Gasteiger partial charge is 0.550 e. The Kier molecular flexibility index (Phi) is 6.48. The predicted octanol–water partition coefficient (Wildman–Crippen LogP) is 2.95. The van der Waals surface area contributed by atoms with Crippen molar-refractivity contribution in [3.63, 3.8) is 0 Å². The molecule has 2 N–H and O–H groups in total. The van der Waals surface area contributed by atoms with E-state index in [1.165, 1.54) is 4.90 Å². The van der Waals surface area contributed by atoms with Gasteiger partial charge >= 0.3 is 0 Å². The van der Waals surface area contributed by atoms with Crippen molar-refractivity contribution in [2.75, 3.05) is 0 Å². The van der Waals surface area contributed by atoms with E-state index < -0.39 is 5.97 Å². The number of hydrogen-bond donors (Lipinski definition) is 2. The summed E-state index contributed by atoms with van der Waals surface area (Å²) in [4.78, 5) is 12.4. The van der Waals surface area contributed by atoms with E-state index in [4.69, 9.17) is 9.90 Å². The van der Waals surface area contributed by atoms with Gasteiger partial charge in [-0.3, -0.25) is 0 Å². The first-order valence-corrected chi connectivity index (χ1v) is 8.75. The van der Waals surface area contributed by atoms with Gasteiger partial charge in [0.2, 0.25) is 0 Å². The topological polar surface area (TPSA) is 80.6 Å². The van der Waals surface area contributed by atoms with E-state index in [9.17, 15) is 10.2 Å². The van der Waals surface area contributed by atoms with Gasteiger partial charge in [0, 0.05) is 5.97 Å². The Balaban J connectivity index is 0.000000511. The highest BCUT2D eigenvalue weighted by molar-refractivity contribution is 7.97. The van der Waals surface area contributed by atoms with Crippen LogP contribution in [-0.2, 0) is 15.7 Å². The van der Waals surface area contributed by atoms with Gasteiger partial charge in [-0.15, -0.1) is 0 Å². The number of benzene rings is 3. The van der Waals surface area contributed by atoms with Crippen molar-refractivity contribution >= 4 is 16.9 Å². The molecule has 0 spiro atoms. The third-order valence-electron chi connectivity index (χ3n) is 3.12. The number of aromatic hydroxyl groups is 2. The van der Waals surface area contributed by atoms with Crippen molar-refractivity contribution in [1.82, 2.24) is 0 Å². The number of aliphatic carboxylic acids is 1. The van der Waals surface area contributed by atoms with E-state index in [0.29, 0.717) is 0 Å². The van der Waals surface area contributed by atoms with Gasteiger partial charge in [-0.25, -0.2) is 0 Å². The lowest BCUT2D eigenvalue weighted by Gasteiger charge is -2.08. The molecule has 0 atom stereocenters. The van der Waals surface area contributed by atoms with E-state index in [1.807, 2.05) is 42.5 Å². The van der Waals surface area contributed by atoms with Crippen LogP contribution in [0.3, 0.4) is 0 Å². The summed E-state index contributed by atoms with van der Waals surface area (Å²) in [6, 6.07) is 24.8. The van der Waals surface area contributed by atoms with Crippen LogP contribution in [0.4, 0.5) is 0 Å². The zero-order chi connectivity index (χ0) is 18.2. The maximum Gasteiger partial charge on any atom is 0.166 e. The third kappa shape index (κ3) is 5.58. The fourth-order valence-corrected chi connectivity index (χ4v) is 4.19. The van der Waals surface area contributed by atoms with Gasteiger partial charge in [0.1, 0.15) is 11.5 Å². The molecule has 0 aromatic heterocycles. The minimum Gasteiger partial charge on any atom is -0.550 e. The molecule has 0 aliphatic heterocycles. The standard InChI is InChI=1S/C18H14O2S.C2H4O2/c19-14-6-10-17(11-7-14)21(16-4-2-1-3-5-16)18-12-8-15(20)9-13-18;1-2(3)4/h1-13H,(H-,19,20);1H3,(H,3,4). The number of carbonyl (C=O) groups excluding carboxylic acids is 1. The number of carboxylic acid groups (broad SMARTS) is 1. The Hall–Kier alpha value is -2.92. The monoisotopic (exact) mass is 354 g/mol. The van der Waals surface area contributed by atoms with Crippen molar-refractivity contribution in [2.45, 2.75) is 21.6 Å². The van der Waals surface area contributed by atoms with Crippen LogP contribution in [0, 0.1) is 0 Å². The molecule has 25 heavy (non-hydrogen) atoms. The van der Waals surface area contributed by atoms with E-state index in [0.717, 1.165) is 16.7 Å². The van der Waals surface area contributed by atoms with Crippen LogP contribution in [0.2, 0.25) is 0 Å². The average molecular weight is 354 g/mol. The van der Waals surface area contributed by atoms with E-state index in [1.54, 1.807) is 24.3 Å². The molecule has 0 fully saturated rings. The van der Waals surface area contributed by atoms with Crippen molar-refractivity contribution < 1.29 is 20.1 Å². The molecule has 3 aromatic carbocycles. The van der Waals surface area contributed by atoms with E-state index >= 15 is 0 Å². The van der Waals surface area contributed by atoms with Crippen molar-refractivity contribution in [3.8, 4) is 11.5 Å². The van der Waals surface area contributed by atoms with Crippen LogP contribution in [0.1, 0.15) is 6.92 Å². The Morgan fingerprint density at radius 3 is 1.40 bits per heavy atom. The Morgan fingerprint density at radius 2 is 1.04 bits per heavy atom. The Morgan fingerprint density at radius 1 is 0.720 bits per heavy atom. The molecule has 0 amide bonds. The SMILES string of the molecule is CC(=O)[O-].Oc1ccc([S+](c2ccccc2)c2ccc(O)cc2)cc1. The number of phenolic OH excluding ortho intramolecular Hbond substituents is 2. The fourth-order valence-electron chi connectivity index (χ4n) is 2.13. The van der Waals surface area contributed by atoms with E-state index in [-0.39, 0.29) is 22.4 Å². The number of rotatable bonds is 3. The summed E-state index contributed by atoms with van der Waals surface area (Å²) in [5.74, 6) is -0.554. The Bertz CT molecular complexity index is 750. The summed E-state index contributed by atoms with van der Waals surface area (Å²) in [6.45, 7) is 0.972. The second-order valence-corrected chi connectivity index (χ2v) is 7.13. The van der Waals surface area contributed by atoms with Gasteiger partial charge in [-0.05, 0) is 67.6 Å². The quantitative estimate of drug-likeness (QED) is 0.709. The van der Waals surface area contributed by atoms with Gasteiger partial charge in [0.25, 0.3) is 0 Å². The van der Waals surface area contributed by atoms with Crippen LogP contribution in [-0.4, -0.2) is 16.2 Å². The molecular weight excluding hydrogens is 336 g/mol. The molecule has 0 saturated heterocycles. The maximum atomic E-state index is 9.49. The first kappa shape index (κ1) is 18.4.